The Morgan fingerprint density at radius 2 is 1.82 bits per heavy atom. The minimum Gasteiger partial charge on any atom is -0.316 e. The molecule has 2 heteroatoms. The highest BCUT2D eigenvalue weighted by Crippen LogP contribution is 2.38. The number of nitrogens with zero attached hydrogens (tertiary/aromatic N) is 1. The Morgan fingerprint density at radius 3 is 2.24 bits per heavy atom. The molecule has 0 aliphatic heterocycles. The third-order valence-electron chi connectivity index (χ3n) is 4.68. The second kappa shape index (κ2) is 6.75. The number of hydrogen-bond donors (Lipinski definition) is 1. The Hall–Kier alpha value is -0.0800. The topological polar surface area (TPSA) is 15.3 Å². The fourth-order valence-corrected chi connectivity index (χ4v) is 2.86. The number of hydrogen-bond acceptors (Lipinski definition) is 2. The molecule has 0 heterocycles. The van der Waals surface area contributed by atoms with Crippen molar-refractivity contribution in [2.75, 3.05) is 33.2 Å². The average molecular weight is 240 g/mol. The van der Waals surface area contributed by atoms with Crippen molar-refractivity contribution in [3.05, 3.63) is 0 Å². The van der Waals surface area contributed by atoms with Gasteiger partial charge in [-0.3, -0.25) is 0 Å². The molecule has 0 bridgehead atoms. The van der Waals surface area contributed by atoms with Crippen LogP contribution in [0.25, 0.3) is 0 Å². The first-order valence-electron chi connectivity index (χ1n) is 7.46. The van der Waals surface area contributed by atoms with Crippen LogP contribution in [0.15, 0.2) is 0 Å². The molecule has 0 amide bonds. The summed E-state index contributed by atoms with van der Waals surface area (Å²) in [6.45, 7) is 14.1. The first-order valence-corrected chi connectivity index (χ1v) is 7.46. The molecule has 2 unspecified atom stereocenters. The van der Waals surface area contributed by atoms with Crippen molar-refractivity contribution in [1.29, 1.82) is 0 Å². The highest BCUT2D eigenvalue weighted by molar-refractivity contribution is 4.87. The van der Waals surface area contributed by atoms with Crippen LogP contribution < -0.4 is 5.32 Å². The summed E-state index contributed by atoms with van der Waals surface area (Å²) in [7, 11) is 2.30. The Balaban J connectivity index is 2.40. The largest absolute Gasteiger partial charge is 0.316 e. The first-order chi connectivity index (χ1) is 8.06. The van der Waals surface area contributed by atoms with E-state index in [4.69, 9.17) is 0 Å². The third kappa shape index (κ3) is 4.59. The van der Waals surface area contributed by atoms with Crippen LogP contribution in [-0.2, 0) is 0 Å². The Kier molecular flexibility index (Phi) is 5.94. The predicted octanol–water partition coefficient (Wildman–Crippen LogP) is 2.99. The van der Waals surface area contributed by atoms with Gasteiger partial charge < -0.3 is 10.2 Å². The van der Waals surface area contributed by atoms with Crippen molar-refractivity contribution in [3.63, 3.8) is 0 Å². The summed E-state index contributed by atoms with van der Waals surface area (Å²) in [5.41, 5.74) is 0.475. The quantitative estimate of drug-likeness (QED) is 0.666. The van der Waals surface area contributed by atoms with E-state index >= 15 is 0 Å². The smallest absolute Gasteiger partial charge is 0.00470 e. The van der Waals surface area contributed by atoms with Crippen LogP contribution in [-0.4, -0.2) is 38.1 Å². The van der Waals surface area contributed by atoms with E-state index in [0.717, 1.165) is 18.4 Å². The maximum Gasteiger partial charge on any atom is 0.00470 e. The highest BCUT2D eigenvalue weighted by Gasteiger charge is 2.35. The molecular formula is C15H32N2. The van der Waals surface area contributed by atoms with Crippen LogP contribution >= 0.6 is 0 Å². The molecule has 1 aliphatic carbocycles. The molecule has 0 aromatic rings. The summed E-state index contributed by atoms with van der Waals surface area (Å²) >= 11 is 0. The van der Waals surface area contributed by atoms with E-state index in [2.05, 4.69) is 45.0 Å². The van der Waals surface area contributed by atoms with Gasteiger partial charge in [-0.15, -0.1) is 0 Å². The SMILES string of the molecule is CCNCC(CC)(CC)CN(C)CC1CC1C. The molecule has 0 aromatic heterocycles. The maximum absolute atomic E-state index is 3.55. The summed E-state index contributed by atoms with van der Waals surface area (Å²) in [5, 5.41) is 3.55. The molecule has 102 valence electrons. The minimum absolute atomic E-state index is 0.475. The van der Waals surface area contributed by atoms with Crippen LogP contribution in [0.1, 0.15) is 47.0 Å². The number of nitrogens with one attached hydrogen (secondary N) is 1. The molecule has 0 aromatic carbocycles. The van der Waals surface area contributed by atoms with E-state index < -0.39 is 0 Å². The van der Waals surface area contributed by atoms with Gasteiger partial charge in [-0.1, -0.05) is 27.7 Å². The highest BCUT2D eigenvalue weighted by atomic mass is 15.1. The van der Waals surface area contributed by atoms with Gasteiger partial charge in [0, 0.05) is 19.6 Å². The standard InChI is InChI=1S/C15H32N2/c1-6-15(7-2,11-16-8-3)12-17(5)10-14-9-13(14)4/h13-14,16H,6-12H2,1-5H3. The van der Waals surface area contributed by atoms with Crippen molar-refractivity contribution in [3.8, 4) is 0 Å². The zero-order chi connectivity index (χ0) is 12.9. The molecule has 2 nitrogen and oxygen atoms in total. The molecule has 1 fully saturated rings. The molecule has 0 saturated heterocycles. The molecule has 1 rings (SSSR count). The van der Waals surface area contributed by atoms with Gasteiger partial charge in [0.15, 0.2) is 0 Å². The lowest BCUT2D eigenvalue weighted by molar-refractivity contribution is 0.151. The van der Waals surface area contributed by atoms with Gasteiger partial charge in [0.2, 0.25) is 0 Å². The van der Waals surface area contributed by atoms with Crippen molar-refractivity contribution < 1.29 is 0 Å². The van der Waals surface area contributed by atoms with E-state index in [9.17, 15) is 0 Å². The van der Waals surface area contributed by atoms with Crippen molar-refractivity contribution in [2.45, 2.75) is 47.0 Å². The molecule has 17 heavy (non-hydrogen) atoms. The first kappa shape index (κ1) is 15.0. The monoisotopic (exact) mass is 240 g/mol. The Morgan fingerprint density at radius 1 is 1.24 bits per heavy atom. The van der Waals surface area contributed by atoms with Gasteiger partial charge in [0.05, 0.1) is 0 Å². The maximum atomic E-state index is 3.55. The van der Waals surface area contributed by atoms with Crippen LogP contribution in [0.3, 0.4) is 0 Å². The second-order valence-electron chi connectivity index (χ2n) is 6.16. The fourth-order valence-electron chi connectivity index (χ4n) is 2.86. The van der Waals surface area contributed by atoms with E-state index in [1.54, 1.807) is 0 Å². The van der Waals surface area contributed by atoms with Crippen molar-refractivity contribution >= 4 is 0 Å². The van der Waals surface area contributed by atoms with Crippen molar-refractivity contribution in [2.24, 2.45) is 17.3 Å². The van der Waals surface area contributed by atoms with Gasteiger partial charge in [-0.25, -0.2) is 0 Å². The van der Waals surface area contributed by atoms with E-state index in [0.29, 0.717) is 5.41 Å². The van der Waals surface area contributed by atoms with Crippen LogP contribution in [0.4, 0.5) is 0 Å². The Labute approximate surface area is 108 Å². The summed E-state index contributed by atoms with van der Waals surface area (Å²) < 4.78 is 0. The fraction of sp³-hybridized carbons (Fsp3) is 1.00. The summed E-state index contributed by atoms with van der Waals surface area (Å²) in [4.78, 5) is 2.57. The molecule has 0 radical (unpaired) electrons. The number of rotatable bonds is 9. The van der Waals surface area contributed by atoms with Gasteiger partial charge in [-0.2, -0.15) is 0 Å². The summed E-state index contributed by atoms with van der Waals surface area (Å²) in [6, 6.07) is 0. The molecule has 1 saturated carbocycles. The lowest BCUT2D eigenvalue weighted by Crippen LogP contribution is -2.43. The zero-order valence-electron chi connectivity index (χ0n) is 12.6. The molecular weight excluding hydrogens is 208 g/mol. The molecule has 1 N–H and O–H groups in total. The normalized spacial score (nSPS) is 24.4. The van der Waals surface area contributed by atoms with Gasteiger partial charge in [-0.05, 0) is 50.1 Å². The van der Waals surface area contributed by atoms with Crippen molar-refractivity contribution in [1.82, 2.24) is 10.2 Å². The van der Waals surface area contributed by atoms with E-state index in [1.807, 2.05) is 0 Å². The second-order valence-corrected chi connectivity index (χ2v) is 6.16. The minimum atomic E-state index is 0.475. The zero-order valence-corrected chi connectivity index (χ0v) is 12.6. The molecule has 1 aliphatic rings. The van der Waals surface area contributed by atoms with Gasteiger partial charge in [0.25, 0.3) is 0 Å². The van der Waals surface area contributed by atoms with E-state index in [1.165, 1.54) is 38.9 Å². The van der Waals surface area contributed by atoms with Crippen LogP contribution in [0.2, 0.25) is 0 Å². The van der Waals surface area contributed by atoms with Gasteiger partial charge in [0.1, 0.15) is 0 Å². The van der Waals surface area contributed by atoms with E-state index in [-0.39, 0.29) is 0 Å². The molecule has 0 spiro atoms. The van der Waals surface area contributed by atoms with Gasteiger partial charge >= 0.3 is 0 Å². The van der Waals surface area contributed by atoms with Crippen LogP contribution in [0, 0.1) is 17.3 Å². The predicted molar refractivity (Wildman–Crippen MR) is 76.3 cm³/mol. The molecule has 2 atom stereocenters. The third-order valence-corrected chi connectivity index (χ3v) is 4.68. The Bertz CT molecular complexity index is 211. The lowest BCUT2D eigenvalue weighted by Gasteiger charge is -2.36. The lowest BCUT2D eigenvalue weighted by atomic mass is 9.81. The summed E-state index contributed by atoms with van der Waals surface area (Å²) in [6.07, 6.45) is 4.00. The van der Waals surface area contributed by atoms with Crippen LogP contribution in [0.5, 0.6) is 0 Å². The average Bonchev–Trinajstić information content (AvgIpc) is 3.00. The summed E-state index contributed by atoms with van der Waals surface area (Å²) in [5.74, 6) is 1.95.